The van der Waals surface area contributed by atoms with Gasteiger partial charge in [-0.2, -0.15) is 0 Å². The largest absolute Gasteiger partial charge is 0.465 e. The van der Waals surface area contributed by atoms with Crippen LogP contribution in [-0.2, 0) is 20.9 Å². The van der Waals surface area contributed by atoms with Crippen LogP contribution in [0.4, 0.5) is 0 Å². The molecule has 0 bridgehead atoms. The average Bonchev–Trinajstić information content (AvgIpc) is 2.45. The fourth-order valence-electron chi connectivity index (χ4n) is 1.87. The van der Waals surface area contributed by atoms with Crippen molar-refractivity contribution in [2.24, 2.45) is 0 Å². The monoisotopic (exact) mass is 279 g/mol. The molecule has 0 aliphatic rings. The van der Waals surface area contributed by atoms with E-state index in [1.165, 1.54) is 4.90 Å². The summed E-state index contributed by atoms with van der Waals surface area (Å²) in [5, 5.41) is 0. The van der Waals surface area contributed by atoms with Crippen molar-refractivity contribution in [2.45, 2.75) is 20.5 Å². The molecule has 110 valence electrons. The lowest BCUT2D eigenvalue weighted by molar-refractivity contribution is -0.143. The average molecular weight is 279 g/mol. The summed E-state index contributed by atoms with van der Waals surface area (Å²) in [5.74, 6) is -0.583. The highest BCUT2D eigenvalue weighted by atomic mass is 16.5. The third-order valence-electron chi connectivity index (χ3n) is 2.84. The van der Waals surface area contributed by atoms with Gasteiger partial charge in [0.15, 0.2) is 0 Å². The third kappa shape index (κ3) is 4.35. The van der Waals surface area contributed by atoms with Crippen LogP contribution >= 0.6 is 0 Å². The van der Waals surface area contributed by atoms with Gasteiger partial charge < -0.3 is 14.4 Å². The summed E-state index contributed by atoms with van der Waals surface area (Å²) in [6.45, 7) is 4.65. The number of ether oxygens (including phenoxy) is 2. The summed E-state index contributed by atoms with van der Waals surface area (Å²) >= 11 is 0. The Morgan fingerprint density at radius 1 is 1.20 bits per heavy atom. The van der Waals surface area contributed by atoms with E-state index >= 15 is 0 Å². The van der Waals surface area contributed by atoms with Crippen LogP contribution in [-0.4, -0.2) is 43.6 Å². The summed E-state index contributed by atoms with van der Waals surface area (Å²) in [5.41, 5.74) is 1.36. The standard InChI is InChI=1S/C15H21NO4/c1-4-16(10-14(17)20-5-2)15(18)13-9-7-6-8-12(13)11-19-3/h6-9H,4-5,10-11H2,1-3H3. The highest BCUT2D eigenvalue weighted by Crippen LogP contribution is 2.13. The maximum Gasteiger partial charge on any atom is 0.325 e. The second-order valence-corrected chi connectivity index (χ2v) is 4.21. The lowest BCUT2D eigenvalue weighted by atomic mass is 10.1. The van der Waals surface area contributed by atoms with Gasteiger partial charge in [-0.25, -0.2) is 0 Å². The zero-order chi connectivity index (χ0) is 15.0. The minimum Gasteiger partial charge on any atom is -0.465 e. The Morgan fingerprint density at radius 3 is 2.50 bits per heavy atom. The number of hydrogen-bond acceptors (Lipinski definition) is 4. The predicted octanol–water partition coefficient (Wildman–Crippen LogP) is 1.86. The molecule has 1 aromatic rings. The molecule has 5 nitrogen and oxygen atoms in total. The molecule has 1 rings (SSSR count). The van der Waals surface area contributed by atoms with Gasteiger partial charge in [0.05, 0.1) is 13.2 Å². The first-order valence-electron chi connectivity index (χ1n) is 6.65. The lowest BCUT2D eigenvalue weighted by Gasteiger charge is -2.21. The van der Waals surface area contributed by atoms with Crippen LogP contribution in [0.1, 0.15) is 29.8 Å². The van der Waals surface area contributed by atoms with E-state index < -0.39 is 5.97 Å². The number of likely N-dealkylation sites (N-methyl/N-ethyl adjacent to an activating group) is 1. The van der Waals surface area contributed by atoms with Crippen molar-refractivity contribution in [3.63, 3.8) is 0 Å². The number of methoxy groups -OCH3 is 1. The topological polar surface area (TPSA) is 55.8 Å². The normalized spacial score (nSPS) is 10.2. The van der Waals surface area contributed by atoms with Crippen molar-refractivity contribution in [2.75, 3.05) is 26.8 Å². The smallest absolute Gasteiger partial charge is 0.325 e. The van der Waals surface area contributed by atoms with Crippen LogP contribution in [0.3, 0.4) is 0 Å². The van der Waals surface area contributed by atoms with Gasteiger partial charge >= 0.3 is 5.97 Å². The zero-order valence-electron chi connectivity index (χ0n) is 12.2. The van der Waals surface area contributed by atoms with E-state index in [1.807, 2.05) is 19.1 Å². The molecular formula is C15H21NO4. The summed E-state index contributed by atoms with van der Waals surface area (Å²) < 4.78 is 9.97. The van der Waals surface area contributed by atoms with Crippen molar-refractivity contribution in [3.05, 3.63) is 35.4 Å². The molecule has 20 heavy (non-hydrogen) atoms. The molecule has 0 saturated heterocycles. The third-order valence-corrected chi connectivity index (χ3v) is 2.84. The first-order valence-corrected chi connectivity index (χ1v) is 6.65. The zero-order valence-corrected chi connectivity index (χ0v) is 12.2. The van der Waals surface area contributed by atoms with Crippen LogP contribution in [0.15, 0.2) is 24.3 Å². The van der Waals surface area contributed by atoms with Crippen molar-refractivity contribution < 1.29 is 19.1 Å². The van der Waals surface area contributed by atoms with Gasteiger partial charge in [0, 0.05) is 19.2 Å². The molecule has 5 heteroatoms. The van der Waals surface area contributed by atoms with Crippen molar-refractivity contribution in [3.8, 4) is 0 Å². The first-order chi connectivity index (χ1) is 9.63. The number of amides is 1. The van der Waals surface area contributed by atoms with Crippen molar-refractivity contribution >= 4 is 11.9 Å². The Hall–Kier alpha value is -1.88. The van der Waals surface area contributed by atoms with Gasteiger partial charge in [-0.15, -0.1) is 0 Å². The van der Waals surface area contributed by atoms with Crippen LogP contribution < -0.4 is 0 Å². The number of carbonyl (C=O) groups excluding carboxylic acids is 2. The molecule has 1 amide bonds. The number of benzene rings is 1. The SMILES string of the molecule is CCOC(=O)CN(CC)C(=O)c1ccccc1COC. The van der Waals surface area contributed by atoms with Gasteiger partial charge in [-0.1, -0.05) is 18.2 Å². The second-order valence-electron chi connectivity index (χ2n) is 4.21. The number of rotatable bonds is 7. The minimum absolute atomic E-state index is 0.0372. The summed E-state index contributed by atoms with van der Waals surface area (Å²) in [4.78, 5) is 25.5. The van der Waals surface area contributed by atoms with Crippen LogP contribution in [0, 0.1) is 0 Å². The van der Waals surface area contributed by atoms with Crippen LogP contribution in [0.25, 0.3) is 0 Å². The minimum atomic E-state index is -0.396. The van der Waals surface area contributed by atoms with Crippen LogP contribution in [0.5, 0.6) is 0 Å². The Bertz CT molecular complexity index is 459. The highest BCUT2D eigenvalue weighted by Gasteiger charge is 2.20. The van der Waals surface area contributed by atoms with Crippen molar-refractivity contribution in [1.29, 1.82) is 0 Å². The predicted molar refractivity (Wildman–Crippen MR) is 75.4 cm³/mol. The number of nitrogens with zero attached hydrogens (tertiary/aromatic N) is 1. The fourth-order valence-corrected chi connectivity index (χ4v) is 1.87. The summed E-state index contributed by atoms with van der Waals surface area (Å²) in [6, 6.07) is 7.23. The Morgan fingerprint density at radius 2 is 1.90 bits per heavy atom. The maximum atomic E-state index is 12.5. The molecule has 0 radical (unpaired) electrons. The molecule has 0 saturated carbocycles. The van der Waals surface area contributed by atoms with E-state index in [0.717, 1.165) is 5.56 Å². The number of hydrogen-bond donors (Lipinski definition) is 0. The molecule has 0 heterocycles. The molecule has 0 N–H and O–H groups in total. The van der Waals surface area contributed by atoms with Gasteiger partial charge in [0.2, 0.25) is 0 Å². The van der Waals surface area contributed by atoms with Gasteiger partial charge in [-0.3, -0.25) is 9.59 Å². The lowest BCUT2D eigenvalue weighted by Crippen LogP contribution is -2.36. The molecule has 0 aromatic heterocycles. The van der Waals surface area contributed by atoms with Gasteiger partial charge in [0.1, 0.15) is 6.54 Å². The van der Waals surface area contributed by atoms with Gasteiger partial charge in [-0.05, 0) is 25.5 Å². The number of carbonyl (C=O) groups is 2. The Balaban J connectivity index is 2.88. The van der Waals surface area contributed by atoms with E-state index in [4.69, 9.17) is 9.47 Å². The molecule has 0 unspecified atom stereocenters. The first kappa shape index (κ1) is 16.2. The van der Waals surface area contributed by atoms with E-state index in [2.05, 4.69) is 0 Å². The van der Waals surface area contributed by atoms with E-state index in [0.29, 0.717) is 25.3 Å². The maximum absolute atomic E-state index is 12.5. The molecule has 0 aliphatic carbocycles. The Labute approximate surface area is 119 Å². The molecule has 0 atom stereocenters. The van der Waals surface area contributed by atoms with E-state index in [1.54, 1.807) is 26.2 Å². The summed E-state index contributed by atoms with van der Waals surface area (Å²) in [6.07, 6.45) is 0. The fraction of sp³-hybridized carbons (Fsp3) is 0.467. The van der Waals surface area contributed by atoms with E-state index in [9.17, 15) is 9.59 Å². The molecule has 0 aliphatic heterocycles. The van der Waals surface area contributed by atoms with Gasteiger partial charge in [0.25, 0.3) is 5.91 Å². The summed E-state index contributed by atoms with van der Waals surface area (Å²) in [7, 11) is 1.58. The second kappa shape index (κ2) is 8.32. The highest BCUT2D eigenvalue weighted by molar-refractivity contribution is 5.97. The molecule has 1 aromatic carbocycles. The number of esters is 1. The van der Waals surface area contributed by atoms with Crippen molar-refractivity contribution in [1.82, 2.24) is 4.90 Å². The molecule has 0 fully saturated rings. The molecule has 0 spiro atoms. The quantitative estimate of drug-likeness (QED) is 0.715. The van der Waals surface area contributed by atoms with E-state index in [-0.39, 0.29) is 12.5 Å². The molecular weight excluding hydrogens is 258 g/mol. The van der Waals surface area contributed by atoms with Crippen LogP contribution in [0.2, 0.25) is 0 Å². The Kier molecular flexibility index (Phi) is 6.73.